The highest BCUT2D eigenvalue weighted by Gasteiger charge is 2.25. The van der Waals surface area contributed by atoms with Crippen molar-refractivity contribution in [2.45, 2.75) is 33.1 Å². The molecule has 0 spiro atoms. The third-order valence-corrected chi connectivity index (χ3v) is 2.53. The molecule has 16 heavy (non-hydrogen) atoms. The van der Waals surface area contributed by atoms with Crippen molar-refractivity contribution < 1.29 is 19.4 Å². The second-order valence-electron chi connectivity index (χ2n) is 3.56. The van der Waals surface area contributed by atoms with Gasteiger partial charge in [-0.15, -0.1) is 0 Å². The first kappa shape index (κ1) is 12.5. The number of ether oxygens (including phenoxy) is 1. The Bertz CT molecular complexity index is 363. The molecule has 1 aliphatic rings. The smallest absolute Gasteiger partial charge is 0.333 e. The van der Waals surface area contributed by atoms with Crippen molar-refractivity contribution in [1.29, 1.82) is 0 Å². The highest BCUT2D eigenvalue weighted by Crippen LogP contribution is 2.26. The van der Waals surface area contributed by atoms with Crippen LogP contribution in [0.3, 0.4) is 0 Å². The molecule has 0 aliphatic heterocycles. The molecule has 0 atom stereocenters. The molecular weight excluding hydrogens is 208 g/mol. The Hall–Kier alpha value is -1.58. The average Bonchev–Trinajstić information content (AvgIpc) is 2.56. The second-order valence-corrected chi connectivity index (χ2v) is 3.56. The molecule has 0 saturated carbocycles. The highest BCUT2D eigenvalue weighted by molar-refractivity contribution is 6.00. The summed E-state index contributed by atoms with van der Waals surface area (Å²) in [6.07, 6.45) is 2.50. The van der Waals surface area contributed by atoms with Crippen LogP contribution in [-0.2, 0) is 14.3 Å². The summed E-state index contributed by atoms with van der Waals surface area (Å²) in [4.78, 5) is 22.9. The van der Waals surface area contributed by atoms with E-state index in [1.165, 1.54) is 0 Å². The van der Waals surface area contributed by atoms with Crippen molar-refractivity contribution in [2.75, 3.05) is 6.61 Å². The number of aliphatic hydroxyl groups is 1. The lowest BCUT2D eigenvalue weighted by Crippen LogP contribution is -2.10. The second kappa shape index (κ2) is 5.49. The van der Waals surface area contributed by atoms with Gasteiger partial charge in [0.2, 0.25) is 0 Å². The lowest BCUT2D eigenvalue weighted by molar-refractivity contribution is -0.138. The van der Waals surface area contributed by atoms with Gasteiger partial charge in [0.15, 0.2) is 5.78 Å². The summed E-state index contributed by atoms with van der Waals surface area (Å²) in [5.74, 6) is -0.403. The van der Waals surface area contributed by atoms with Crippen LogP contribution in [0.1, 0.15) is 33.1 Å². The van der Waals surface area contributed by atoms with E-state index in [0.29, 0.717) is 30.6 Å². The molecule has 0 bridgehead atoms. The Morgan fingerprint density at radius 3 is 2.62 bits per heavy atom. The zero-order valence-electron chi connectivity index (χ0n) is 9.58. The van der Waals surface area contributed by atoms with Crippen LogP contribution >= 0.6 is 0 Å². The predicted octanol–water partition coefficient (Wildman–Crippen LogP) is 2.06. The van der Waals surface area contributed by atoms with Gasteiger partial charge in [0.05, 0.1) is 12.4 Å². The molecule has 1 rings (SSSR count). The fraction of sp³-hybridized carbons (Fsp3) is 0.500. The lowest BCUT2D eigenvalue weighted by Gasteiger charge is -2.06. The monoisotopic (exact) mass is 224 g/mol. The van der Waals surface area contributed by atoms with Gasteiger partial charge in [0.25, 0.3) is 0 Å². The number of allylic oxidation sites excluding steroid dienone is 3. The van der Waals surface area contributed by atoms with Crippen LogP contribution in [0, 0.1) is 0 Å². The summed E-state index contributed by atoms with van der Waals surface area (Å²) in [7, 11) is 0. The van der Waals surface area contributed by atoms with E-state index in [0.717, 1.165) is 0 Å². The molecular formula is C12H16O4. The van der Waals surface area contributed by atoms with E-state index >= 15 is 0 Å². The lowest BCUT2D eigenvalue weighted by atomic mass is 10.0. The number of rotatable bonds is 4. The Labute approximate surface area is 94.6 Å². The van der Waals surface area contributed by atoms with Gasteiger partial charge in [0.1, 0.15) is 0 Å². The molecule has 0 aromatic rings. The first-order valence-corrected chi connectivity index (χ1v) is 5.36. The molecule has 1 aliphatic carbocycles. The van der Waals surface area contributed by atoms with E-state index in [-0.39, 0.29) is 18.0 Å². The van der Waals surface area contributed by atoms with Gasteiger partial charge < -0.3 is 9.84 Å². The highest BCUT2D eigenvalue weighted by atomic mass is 16.5. The Morgan fingerprint density at radius 1 is 1.50 bits per heavy atom. The molecule has 0 fully saturated rings. The molecule has 0 aromatic heterocycles. The number of Topliss-reactive ketones (excluding diaryl/α,β-unsaturated/α-hetero) is 1. The van der Waals surface area contributed by atoms with Crippen LogP contribution in [0.4, 0.5) is 0 Å². The third kappa shape index (κ3) is 2.72. The standard InChI is InChI=1S/C12H16O4/c1-3-8(12(15)16-4-2)7-9-10(13)5-6-11(9)14/h3,13H,4-7H2,1-2H3/b8-3+. The van der Waals surface area contributed by atoms with E-state index in [9.17, 15) is 14.7 Å². The van der Waals surface area contributed by atoms with Crippen LogP contribution in [0.25, 0.3) is 0 Å². The average molecular weight is 224 g/mol. The van der Waals surface area contributed by atoms with Gasteiger partial charge >= 0.3 is 5.97 Å². The molecule has 0 amide bonds. The van der Waals surface area contributed by atoms with Crippen molar-refractivity contribution in [1.82, 2.24) is 0 Å². The van der Waals surface area contributed by atoms with E-state index in [1.54, 1.807) is 19.9 Å². The van der Waals surface area contributed by atoms with Gasteiger partial charge in [-0.25, -0.2) is 4.79 Å². The largest absolute Gasteiger partial charge is 0.512 e. The number of esters is 1. The van der Waals surface area contributed by atoms with Crippen LogP contribution in [0.15, 0.2) is 23.0 Å². The zero-order valence-corrected chi connectivity index (χ0v) is 9.58. The fourth-order valence-electron chi connectivity index (χ4n) is 1.60. The quantitative estimate of drug-likeness (QED) is 0.586. The van der Waals surface area contributed by atoms with Crippen LogP contribution in [-0.4, -0.2) is 23.5 Å². The van der Waals surface area contributed by atoms with Crippen LogP contribution in [0.5, 0.6) is 0 Å². The van der Waals surface area contributed by atoms with E-state index in [2.05, 4.69) is 0 Å². The SMILES string of the molecule is C/C=C(\CC1=C(O)CCC1=O)C(=O)OCC. The zero-order chi connectivity index (χ0) is 12.1. The van der Waals surface area contributed by atoms with Gasteiger partial charge in [0, 0.05) is 30.4 Å². The van der Waals surface area contributed by atoms with E-state index in [4.69, 9.17) is 4.74 Å². The fourth-order valence-corrected chi connectivity index (χ4v) is 1.60. The summed E-state index contributed by atoms with van der Waals surface area (Å²) in [5.41, 5.74) is 0.764. The molecule has 88 valence electrons. The van der Waals surface area contributed by atoms with Crippen molar-refractivity contribution in [3.8, 4) is 0 Å². The summed E-state index contributed by atoms with van der Waals surface area (Å²) >= 11 is 0. The maximum atomic E-state index is 11.5. The van der Waals surface area contributed by atoms with Gasteiger partial charge in [-0.3, -0.25) is 4.79 Å². The molecule has 0 radical (unpaired) electrons. The number of hydrogen-bond donors (Lipinski definition) is 1. The molecule has 0 unspecified atom stereocenters. The minimum atomic E-state index is -0.426. The van der Waals surface area contributed by atoms with Crippen molar-refractivity contribution in [3.63, 3.8) is 0 Å². The molecule has 4 nitrogen and oxygen atoms in total. The minimum absolute atomic E-state index is 0.0823. The molecule has 0 heterocycles. The number of hydrogen-bond acceptors (Lipinski definition) is 4. The van der Waals surface area contributed by atoms with Gasteiger partial charge in [-0.2, -0.15) is 0 Å². The molecule has 1 N–H and O–H groups in total. The molecule has 0 aromatic carbocycles. The van der Waals surface area contributed by atoms with Gasteiger partial charge in [-0.05, 0) is 13.8 Å². The minimum Gasteiger partial charge on any atom is -0.512 e. The van der Waals surface area contributed by atoms with Gasteiger partial charge in [-0.1, -0.05) is 6.08 Å². The summed E-state index contributed by atoms with van der Waals surface area (Å²) in [5, 5.41) is 9.49. The van der Waals surface area contributed by atoms with Crippen molar-refractivity contribution in [3.05, 3.63) is 23.0 Å². The maximum Gasteiger partial charge on any atom is 0.333 e. The van der Waals surface area contributed by atoms with E-state index in [1.807, 2.05) is 0 Å². The molecule has 0 saturated heterocycles. The number of ketones is 1. The van der Waals surface area contributed by atoms with Crippen molar-refractivity contribution >= 4 is 11.8 Å². The normalized spacial score (nSPS) is 16.9. The number of aliphatic hydroxyl groups excluding tert-OH is 1. The summed E-state index contributed by atoms with van der Waals surface area (Å²) < 4.78 is 4.85. The van der Waals surface area contributed by atoms with Crippen molar-refractivity contribution in [2.24, 2.45) is 0 Å². The topological polar surface area (TPSA) is 63.6 Å². The Balaban J connectivity index is 2.75. The number of carbonyl (C=O) groups excluding carboxylic acids is 2. The Kier molecular flexibility index (Phi) is 4.28. The predicted molar refractivity (Wildman–Crippen MR) is 58.9 cm³/mol. The first-order chi connectivity index (χ1) is 7.60. The van der Waals surface area contributed by atoms with E-state index < -0.39 is 5.97 Å². The third-order valence-electron chi connectivity index (χ3n) is 2.53. The summed E-state index contributed by atoms with van der Waals surface area (Å²) in [6.45, 7) is 3.74. The Morgan fingerprint density at radius 2 is 2.19 bits per heavy atom. The molecule has 4 heteroatoms. The maximum absolute atomic E-state index is 11.5. The van der Waals surface area contributed by atoms with Crippen LogP contribution in [0.2, 0.25) is 0 Å². The van der Waals surface area contributed by atoms with Crippen LogP contribution < -0.4 is 0 Å². The first-order valence-electron chi connectivity index (χ1n) is 5.36. The number of carbonyl (C=O) groups is 2. The summed E-state index contributed by atoms with van der Waals surface area (Å²) in [6, 6.07) is 0.